The molecule has 1 atom stereocenters. The van der Waals surface area contributed by atoms with Crippen molar-refractivity contribution in [2.45, 2.75) is 18.4 Å². The van der Waals surface area contributed by atoms with Gasteiger partial charge in [0.25, 0.3) is 0 Å². The molecule has 0 aliphatic carbocycles. The summed E-state index contributed by atoms with van der Waals surface area (Å²) in [6.45, 7) is 0.325. The highest BCUT2D eigenvalue weighted by Gasteiger charge is 2.56. The third kappa shape index (κ3) is 2.43. The van der Waals surface area contributed by atoms with E-state index in [4.69, 9.17) is 11.6 Å². The summed E-state index contributed by atoms with van der Waals surface area (Å²) in [6, 6.07) is 11.6. The van der Waals surface area contributed by atoms with Crippen LogP contribution in [0.25, 0.3) is 0 Å². The standard InChI is InChI=1S/C21H16ClFN4O2/c1-26-17-7-6-13(23)8-14(17)21(20(26)29)9-18(28)25-19-15(21)10-24-27(19)11-12-4-2-3-5-16(12)22/h2-8,10H,9,11H2,1H3,(H,25,28)/t21-/m0/s1. The number of halogens is 2. The lowest BCUT2D eigenvalue weighted by molar-refractivity contribution is -0.126. The van der Waals surface area contributed by atoms with E-state index in [1.54, 1.807) is 30.1 Å². The maximum absolute atomic E-state index is 14.1. The molecule has 2 aliphatic heterocycles. The molecule has 29 heavy (non-hydrogen) atoms. The molecule has 1 spiro atoms. The first kappa shape index (κ1) is 17.9. The molecule has 3 aromatic rings. The Kier molecular flexibility index (Phi) is 3.79. The average molecular weight is 411 g/mol. The van der Waals surface area contributed by atoms with Crippen LogP contribution in [0.3, 0.4) is 0 Å². The first-order valence-corrected chi connectivity index (χ1v) is 9.47. The highest BCUT2D eigenvalue weighted by atomic mass is 35.5. The van der Waals surface area contributed by atoms with E-state index in [1.807, 2.05) is 18.2 Å². The third-order valence-corrected chi connectivity index (χ3v) is 6.08. The first-order valence-electron chi connectivity index (χ1n) is 9.09. The predicted molar refractivity (Wildman–Crippen MR) is 107 cm³/mol. The molecule has 8 heteroatoms. The smallest absolute Gasteiger partial charge is 0.242 e. The summed E-state index contributed by atoms with van der Waals surface area (Å²) < 4.78 is 15.7. The van der Waals surface area contributed by atoms with Crippen molar-refractivity contribution in [2.24, 2.45) is 0 Å². The number of nitrogens with zero attached hydrogens (tertiary/aromatic N) is 3. The largest absolute Gasteiger partial charge is 0.314 e. The zero-order valence-electron chi connectivity index (χ0n) is 15.4. The van der Waals surface area contributed by atoms with Crippen molar-refractivity contribution >= 4 is 34.9 Å². The maximum atomic E-state index is 14.1. The molecule has 0 radical (unpaired) electrons. The van der Waals surface area contributed by atoms with E-state index >= 15 is 0 Å². The van der Waals surface area contributed by atoms with E-state index in [0.717, 1.165) is 5.56 Å². The Morgan fingerprint density at radius 3 is 2.79 bits per heavy atom. The molecule has 5 rings (SSSR count). The minimum Gasteiger partial charge on any atom is -0.314 e. The van der Waals surface area contributed by atoms with Gasteiger partial charge in [-0.25, -0.2) is 9.07 Å². The summed E-state index contributed by atoms with van der Waals surface area (Å²) in [6.07, 6.45) is 1.48. The van der Waals surface area contributed by atoms with Gasteiger partial charge in [0, 0.05) is 29.7 Å². The van der Waals surface area contributed by atoms with Crippen molar-refractivity contribution in [1.29, 1.82) is 0 Å². The summed E-state index contributed by atoms with van der Waals surface area (Å²) in [5.41, 5.74) is 1.18. The minimum atomic E-state index is -1.29. The fourth-order valence-corrected chi connectivity index (χ4v) is 4.53. The quantitative estimate of drug-likeness (QED) is 0.704. The van der Waals surface area contributed by atoms with Crippen LogP contribution in [-0.2, 0) is 21.5 Å². The van der Waals surface area contributed by atoms with Crippen LogP contribution in [0.5, 0.6) is 0 Å². The fourth-order valence-electron chi connectivity index (χ4n) is 4.33. The predicted octanol–water partition coefficient (Wildman–Crippen LogP) is 3.33. The molecule has 6 nitrogen and oxygen atoms in total. The molecule has 0 saturated heterocycles. The first-order chi connectivity index (χ1) is 13.9. The lowest BCUT2D eigenvalue weighted by Gasteiger charge is -2.32. The van der Waals surface area contributed by atoms with E-state index in [2.05, 4.69) is 10.4 Å². The van der Waals surface area contributed by atoms with Crippen LogP contribution in [0.1, 0.15) is 23.1 Å². The molecular weight excluding hydrogens is 395 g/mol. The summed E-state index contributed by atoms with van der Waals surface area (Å²) in [4.78, 5) is 27.5. The average Bonchev–Trinajstić information content (AvgIpc) is 3.18. The maximum Gasteiger partial charge on any atom is 0.242 e. The Labute approximate surface area is 170 Å². The Bertz CT molecular complexity index is 1190. The molecule has 0 unspecified atom stereocenters. The number of nitrogens with one attached hydrogen (secondary N) is 1. The number of rotatable bonds is 2. The molecule has 2 amide bonds. The minimum absolute atomic E-state index is 0.0998. The summed E-state index contributed by atoms with van der Waals surface area (Å²) >= 11 is 6.27. The zero-order valence-corrected chi connectivity index (χ0v) is 16.2. The van der Waals surface area contributed by atoms with Crippen molar-refractivity contribution < 1.29 is 14.0 Å². The molecular formula is C21H16ClFN4O2. The molecule has 0 bridgehead atoms. The molecule has 0 saturated carbocycles. The highest BCUT2D eigenvalue weighted by molar-refractivity contribution is 6.31. The monoisotopic (exact) mass is 410 g/mol. The molecule has 146 valence electrons. The number of likely N-dealkylation sites (N-methyl/N-ethyl adjacent to an activating group) is 1. The summed E-state index contributed by atoms with van der Waals surface area (Å²) in [5, 5.41) is 7.84. The van der Waals surface area contributed by atoms with Gasteiger partial charge in [0.1, 0.15) is 17.1 Å². The van der Waals surface area contributed by atoms with Crippen molar-refractivity contribution in [3.63, 3.8) is 0 Å². The number of fused-ring (bicyclic) bond motifs is 4. The van der Waals surface area contributed by atoms with E-state index in [1.165, 1.54) is 17.0 Å². The second-order valence-corrected chi connectivity index (χ2v) is 7.72. The van der Waals surface area contributed by atoms with Gasteiger partial charge in [0.15, 0.2) is 0 Å². The Hall–Kier alpha value is -3.19. The van der Waals surface area contributed by atoms with Crippen LogP contribution in [0.15, 0.2) is 48.7 Å². The lowest BCUT2D eigenvalue weighted by Crippen LogP contribution is -2.45. The number of aromatic nitrogens is 2. The topological polar surface area (TPSA) is 67.2 Å². The Morgan fingerprint density at radius 1 is 1.21 bits per heavy atom. The molecule has 2 aliphatic rings. The highest BCUT2D eigenvalue weighted by Crippen LogP contribution is 2.51. The van der Waals surface area contributed by atoms with Gasteiger partial charge in [-0.15, -0.1) is 0 Å². The van der Waals surface area contributed by atoms with E-state index in [9.17, 15) is 14.0 Å². The molecule has 1 N–H and O–H groups in total. The van der Waals surface area contributed by atoms with Gasteiger partial charge in [-0.1, -0.05) is 29.8 Å². The molecule has 2 aromatic carbocycles. The number of anilines is 2. The van der Waals surface area contributed by atoms with Crippen molar-refractivity contribution in [1.82, 2.24) is 9.78 Å². The second kappa shape index (κ2) is 6.15. The van der Waals surface area contributed by atoms with Crippen molar-refractivity contribution in [3.8, 4) is 0 Å². The van der Waals surface area contributed by atoms with Gasteiger partial charge in [-0.05, 0) is 35.4 Å². The van der Waals surface area contributed by atoms with Gasteiger partial charge in [-0.2, -0.15) is 5.10 Å². The van der Waals surface area contributed by atoms with Crippen LogP contribution in [0.2, 0.25) is 5.02 Å². The van der Waals surface area contributed by atoms with Crippen LogP contribution < -0.4 is 10.2 Å². The normalized spacial score (nSPS) is 20.0. The Balaban J connectivity index is 1.70. The number of carbonyl (C=O) groups excluding carboxylic acids is 2. The fraction of sp³-hybridized carbons (Fsp3) is 0.190. The number of benzene rings is 2. The summed E-state index contributed by atoms with van der Waals surface area (Å²) in [7, 11) is 1.63. The van der Waals surface area contributed by atoms with Crippen molar-refractivity contribution in [3.05, 3.63) is 76.2 Å². The van der Waals surface area contributed by atoms with Gasteiger partial charge >= 0.3 is 0 Å². The van der Waals surface area contributed by atoms with Gasteiger partial charge in [0.05, 0.1) is 12.7 Å². The zero-order chi connectivity index (χ0) is 20.3. The molecule has 0 fully saturated rings. The van der Waals surface area contributed by atoms with Gasteiger partial charge in [0.2, 0.25) is 11.8 Å². The van der Waals surface area contributed by atoms with Crippen molar-refractivity contribution in [2.75, 3.05) is 17.3 Å². The lowest BCUT2D eigenvalue weighted by atomic mass is 9.72. The second-order valence-electron chi connectivity index (χ2n) is 7.31. The van der Waals surface area contributed by atoms with E-state index in [0.29, 0.717) is 34.2 Å². The number of amides is 2. The molecule has 1 aromatic heterocycles. The summed E-state index contributed by atoms with van der Waals surface area (Å²) in [5.74, 6) is -0.619. The third-order valence-electron chi connectivity index (χ3n) is 5.71. The van der Waals surface area contributed by atoms with E-state index < -0.39 is 11.2 Å². The van der Waals surface area contributed by atoms with E-state index in [-0.39, 0.29) is 18.2 Å². The van der Waals surface area contributed by atoms with Gasteiger partial charge < -0.3 is 10.2 Å². The van der Waals surface area contributed by atoms with Crippen LogP contribution in [0.4, 0.5) is 15.9 Å². The Morgan fingerprint density at radius 2 is 2.00 bits per heavy atom. The van der Waals surface area contributed by atoms with Crippen LogP contribution >= 0.6 is 11.6 Å². The number of hydrogen-bond acceptors (Lipinski definition) is 3. The number of hydrogen-bond donors (Lipinski definition) is 1. The van der Waals surface area contributed by atoms with Crippen LogP contribution in [-0.4, -0.2) is 28.6 Å². The molecule has 3 heterocycles. The number of carbonyl (C=O) groups is 2. The van der Waals surface area contributed by atoms with Crippen LogP contribution in [0, 0.1) is 5.82 Å². The SMILES string of the molecule is CN1C(=O)[C@@]2(CC(=O)Nc3c2cnn3Cc2ccccc2Cl)c2cc(F)ccc21. The van der Waals surface area contributed by atoms with Gasteiger partial charge in [-0.3, -0.25) is 9.59 Å².